The predicted molar refractivity (Wildman–Crippen MR) is 63.8 cm³/mol. The number of hydrogen-bond acceptors (Lipinski definition) is 5. The van der Waals surface area contributed by atoms with E-state index in [2.05, 4.69) is 0 Å². The molecule has 0 aromatic rings. The third-order valence-electron chi connectivity index (χ3n) is 2.33. The van der Waals surface area contributed by atoms with Gasteiger partial charge >= 0.3 is 5.97 Å². The molecule has 0 aliphatic heterocycles. The average Bonchev–Trinajstić information content (AvgIpc) is 2.28. The first-order valence-corrected chi connectivity index (χ1v) is 5.65. The van der Waals surface area contributed by atoms with Crippen LogP contribution < -0.4 is 5.73 Å². The fourth-order valence-corrected chi connectivity index (χ4v) is 1.23. The molecule has 1 amide bonds. The maximum Gasteiger partial charge on any atom is 0.320 e. The highest BCUT2D eigenvalue weighted by Gasteiger charge is 2.13. The molecule has 0 rings (SSSR count). The van der Waals surface area contributed by atoms with Gasteiger partial charge in [-0.1, -0.05) is 5.57 Å². The lowest BCUT2D eigenvalue weighted by Crippen LogP contribution is -2.32. The number of carboxylic acid groups (broad SMARTS) is 1. The standard InChI is InChI=1S/C11H20N2O5/c1-8(4-6-14)7-10(15)13(18)5-2-3-9(12)11(16)17/h7,9,14,18H,2-6,12H2,1H3,(H,16,17). The summed E-state index contributed by atoms with van der Waals surface area (Å²) in [6, 6.07) is -0.986. The van der Waals surface area contributed by atoms with E-state index >= 15 is 0 Å². The van der Waals surface area contributed by atoms with Gasteiger partial charge in [0.15, 0.2) is 0 Å². The van der Waals surface area contributed by atoms with E-state index in [1.807, 2.05) is 0 Å². The lowest BCUT2D eigenvalue weighted by molar-refractivity contribution is -0.159. The first-order valence-electron chi connectivity index (χ1n) is 5.65. The number of carboxylic acids is 1. The number of aliphatic hydroxyl groups excluding tert-OH is 1. The molecular formula is C11H20N2O5. The topological polar surface area (TPSA) is 124 Å². The van der Waals surface area contributed by atoms with Crippen LogP contribution in [0.4, 0.5) is 0 Å². The molecular weight excluding hydrogens is 240 g/mol. The maximum absolute atomic E-state index is 11.4. The van der Waals surface area contributed by atoms with Crippen molar-refractivity contribution in [2.24, 2.45) is 5.73 Å². The zero-order valence-corrected chi connectivity index (χ0v) is 10.4. The zero-order valence-electron chi connectivity index (χ0n) is 10.4. The number of hydroxylamine groups is 2. The van der Waals surface area contributed by atoms with Crippen molar-refractivity contribution >= 4 is 11.9 Å². The lowest BCUT2D eigenvalue weighted by Gasteiger charge is -2.14. The molecule has 1 atom stereocenters. The Morgan fingerprint density at radius 1 is 1.44 bits per heavy atom. The van der Waals surface area contributed by atoms with Gasteiger partial charge in [0.2, 0.25) is 0 Å². The fraction of sp³-hybridized carbons (Fsp3) is 0.636. The molecule has 0 fully saturated rings. The van der Waals surface area contributed by atoms with Crippen molar-refractivity contribution in [3.8, 4) is 0 Å². The third kappa shape index (κ3) is 7.00. The van der Waals surface area contributed by atoms with E-state index in [1.165, 1.54) is 6.08 Å². The molecule has 0 heterocycles. The van der Waals surface area contributed by atoms with Gasteiger partial charge in [-0.15, -0.1) is 0 Å². The van der Waals surface area contributed by atoms with Crippen molar-refractivity contribution in [1.29, 1.82) is 0 Å². The molecule has 0 aromatic heterocycles. The first-order chi connectivity index (χ1) is 8.38. The number of carbonyl (C=O) groups excluding carboxylic acids is 1. The van der Waals surface area contributed by atoms with Crippen LogP contribution in [-0.4, -0.2) is 51.6 Å². The monoisotopic (exact) mass is 260 g/mol. The second kappa shape index (κ2) is 8.62. The second-order valence-corrected chi connectivity index (χ2v) is 4.01. The average molecular weight is 260 g/mol. The Hall–Kier alpha value is -1.44. The Morgan fingerprint density at radius 2 is 2.06 bits per heavy atom. The Kier molecular flexibility index (Phi) is 7.93. The number of rotatable bonds is 8. The van der Waals surface area contributed by atoms with Crippen molar-refractivity contribution in [2.45, 2.75) is 32.2 Å². The van der Waals surface area contributed by atoms with E-state index in [0.29, 0.717) is 23.5 Å². The molecule has 104 valence electrons. The number of hydrogen-bond donors (Lipinski definition) is 4. The quantitative estimate of drug-likeness (QED) is 0.270. The molecule has 0 aromatic carbocycles. The van der Waals surface area contributed by atoms with Crippen LogP contribution in [0, 0.1) is 0 Å². The molecule has 0 saturated carbocycles. The molecule has 0 aliphatic rings. The second-order valence-electron chi connectivity index (χ2n) is 4.01. The number of carbonyl (C=O) groups is 2. The van der Waals surface area contributed by atoms with E-state index in [4.69, 9.17) is 15.9 Å². The highest BCUT2D eigenvalue weighted by molar-refractivity contribution is 5.87. The van der Waals surface area contributed by atoms with Crippen LogP contribution in [0.5, 0.6) is 0 Å². The van der Waals surface area contributed by atoms with Crippen LogP contribution in [0.3, 0.4) is 0 Å². The summed E-state index contributed by atoms with van der Waals surface area (Å²) in [5.41, 5.74) is 5.93. The number of amides is 1. The van der Waals surface area contributed by atoms with Crippen molar-refractivity contribution in [1.82, 2.24) is 5.06 Å². The van der Waals surface area contributed by atoms with Gasteiger partial charge in [-0.25, -0.2) is 5.06 Å². The Labute approximate surface area is 105 Å². The first kappa shape index (κ1) is 16.6. The number of nitrogens with zero attached hydrogens (tertiary/aromatic N) is 1. The summed E-state index contributed by atoms with van der Waals surface area (Å²) in [4.78, 5) is 21.8. The van der Waals surface area contributed by atoms with Crippen LogP contribution in [0.2, 0.25) is 0 Å². The minimum Gasteiger partial charge on any atom is -0.480 e. The molecule has 18 heavy (non-hydrogen) atoms. The largest absolute Gasteiger partial charge is 0.480 e. The summed E-state index contributed by atoms with van der Waals surface area (Å²) >= 11 is 0. The summed E-state index contributed by atoms with van der Waals surface area (Å²) in [5, 5.41) is 27.1. The van der Waals surface area contributed by atoms with Crippen molar-refractivity contribution in [2.75, 3.05) is 13.2 Å². The molecule has 1 unspecified atom stereocenters. The number of nitrogens with two attached hydrogens (primary N) is 1. The smallest absolute Gasteiger partial charge is 0.320 e. The van der Waals surface area contributed by atoms with E-state index in [1.54, 1.807) is 6.92 Å². The number of aliphatic carboxylic acids is 1. The molecule has 7 heteroatoms. The van der Waals surface area contributed by atoms with Gasteiger partial charge in [0.1, 0.15) is 6.04 Å². The van der Waals surface area contributed by atoms with Crippen molar-refractivity contribution < 1.29 is 25.0 Å². The third-order valence-corrected chi connectivity index (χ3v) is 2.33. The van der Waals surface area contributed by atoms with E-state index in [9.17, 15) is 14.8 Å². The molecule has 0 saturated heterocycles. The summed E-state index contributed by atoms with van der Waals surface area (Å²) in [6.07, 6.45) is 2.07. The molecule has 0 radical (unpaired) electrons. The van der Waals surface area contributed by atoms with Gasteiger partial charge in [-0.05, 0) is 26.2 Å². The van der Waals surface area contributed by atoms with E-state index in [-0.39, 0.29) is 19.6 Å². The molecule has 0 aliphatic carbocycles. The van der Waals surface area contributed by atoms with Gasteiger partial charge in [0, 0.05) is 19.2 Å². The van der Waals surface area contributed by atoms with Crippen molar-refractivity contribution in [3.63, 3.8) is 0 Å². The Morgan fingerprint density at radius 3 is 2.56 bits per heavy atom. The van der Waals surface area contributed by atoms with Gasteiger partial charge in [-0.3, -0.25) is 14.8 Å². The maximum atomic E-state index is 11.4. The van der Waals surface area contributed by atoms with Crippen LogP contribution in [0.25, 0.3) is 0 Å². The van der Waals surface area contributed by atoms with Crippen LogP contribution in [-0.2, 0) is 9.59 Å². The van der Waals surface area contributed by atoms with Crippen LogP contribution in [0.1, 0.15) is 26.2 Å². The predicted octanol–water partition coefficient (Wildman–Crippen LogP) is -0.275. The normalized spacial score (nSPS) is 13.2. The Bertz CT molecular complexity index is 317. The zero-order chi connectivity index (χ0) is 14.1. The van der Waals surface area contributed by atoms with Gasteiger partial charge in [0.05, 0.1) is 0 Å². The summed E-state index contributed by atoms with van der Waals surface area (Å²) in [6.45, 7) is 1.62. The van der Waals surface area contributed by atoms with Gasteiger partial charge < -0.3 is 15.9 Å². The highest BCUT2D eigenvalue weighted by atomic mass is 16.5. The molecule has 0 bridgehead atoms. The van der Waals surface area contributed by atoms with Gasteiger partial charge in [0.25, 0.3) is 5.91 Å². The van der Waals surface area contributed by atoms with E-state index < -0.39 is 17.9 Å². The molecule has 0 spiro atoms. The minimum atomic E-state index is -1.11. The molecule has 5 N–H and O–H groups in total. The van der Waals surface area contributed by atoms with Crippen LogP contribution >= 0.6 is 0 Å². The minimum absolute atomic E-state index is 0.0166. The summed E-state index contributed by atoms with van der Waals surface area (Å²) < 4.78 is 0. The SMILES string of the molecule is CC(=CC(=O)N(O)CCCC(N)C(=O)O)CCO. The summed E-state index contributed by atoms with van der Waals surface area (Å²) in [7, 11) is 0. The fourth-order valence-electron chi connectivity index (χ4n) is 1.23. The highest BCUT2D eigenvalue weighted by Crippen LogP contribution is 2.02. The Balaban J connectivity index is 4.02. The summed E-state index contributed by atoms with van der Waals surface area (Å²) in [5.74, 6) is -1.70. The van der Waals surface area contributed by atoms with Crippen LogP contribution in [0.15, 0.2) is 11.6 Å². The van der Waals surface area contributed by atoms with Crippen molar-refractivity contribution in [3.05, 3.63) is 11.6 Å². The lowest BCUT2D eigenvalue weighted by atomic mass is 10.1. The van der Waals surface area contributed by atoms with E-state index in [0.717, 1.165) is 0 Å². The molecule has 7 nitrogen and oxygen atoms in total. The number of aliphatic hydroxyl groups is 1. The van der Waals surface area contributed by atoms with Gasteiger partial charge in [-0.2, -0.15) is 0 Å².